The Balaban J connectivity index is 1.01. The fourth-order valence-electron chi connectivity index (χ4n) is 8.36. The molecule has 0 radical (unpaired) electrons. The van der Waals surface area contributed by atoms with Crippen molar-refractivity contribution in [2.24, 2.45) is 5.41 Å². The average molecular weight is 926 g/mol. The van der Waals surface area contributed by atoms with Gasteiger partial charge in [0.15, 0.2) is 0 Å². The maximum Gasteiger partial charge on any atom is 0.335 e. The van der Waals surface area contributed by atoms with Crippen LogP contribution >= 0.6 is 69.3 Å². The van der Waals surface area contributed by atoms with Gasteiger partial charge in [-0.1, -0.05) is 116 Å². The normalized spacial score (nSPS) is 12.1. The second-order valence-corrected chi connectivity index (χ2v) is 21.9. The van der Waals surface area contributed by atoms with E-state index in [4.69, 9.17) is 4.74 Å². The van der Waals surface area contributed by atoms with Gasteiger partial charge in [-0.05, 0) is 60.0 Å². The summed E-state index contributed by atoms with van der Waals surface area (Å²) in [4.78, 5) is 16.3. The van der Waals surface area contributed by atoms with Gasteiger partial charge in [0.25, 0.3) is 0 Å². The van der Waals surface area contributed by atoms with Gasteiger partial charge in [-0.15, -0.1) is 69.3 Å². The van der Waals surface area contributed by atoms with Crippen molar-refractivity contribution in [1.82, 2.24) is 0 Å². The molecule has 8 aromatic carbocycles. The van der Waals surface area contributed by atoms with Gasteiger partial charge in [-0.3, -0.25) is 0 Å². The lowest BCUT2D eigenvalue weighted by Gasteiger charge is -2.34. The summed E-state index contributed by atoms with van der Waals surface area (Å²) in [5.74, 6) is 2.75. The molecule has 0 amide bonds. The number of rotatable bonds is 14. The first-order valence-corrected chi connectivity index (χ1v) is 26.1. The number of carbonyl (C=O) groups is 1. The lowest BCUT2D eigenvalue weighted by molar-refractivity contribution is -0.128. The molecule has 0 aliphatic heterocycles. The maximum absolute atomic E-state index is 12.4. The Morgan fingerprint density at radius 2 is 0.968 bits per heavy atom. The van der Waals surface area contributed by atoms with E-state index in [9.17, 15) is 4.79 Å². The number of hydrogen-bond donors (Lipinski definition) is 1. The van der Waals surface area contributed by atoms with Gasteiger partial charge in [0, 0.05) is 122 Å². The van der Waals surface area contributed by atoms with Crippen LogP contribution in [0.15, 0.2) is 191 Å². The highest BCUT2D eigenvalue weighted by molar-refractivity contribution is 8.01. The Kier molecular flexibility index (Phi) is 11.2. The first-order chi connectivity index (χ1) is 31.0. The molecule has 308 valence electrons. The molecular formula is C54H39NO2S6. The van der Waals surface area contributed by atoms with Crippen molar-refractivity contribution in [3.8, 4) is 5.75 Å². The van der Waals surface area contributed by atoms with Crippen LogP contribution in [0, 0.1) is 5.41 Å². The molecule has 3 nitrogen and oxygen atoms in total. The number of nitrogens with one attached hydrogen (secondary N) is 1. The fraction of sp³-hybridized carbons (Fsp3) is 0.0926. The second kappa shape index (κ2) is 17.4. The lowest BCUT2D eigenvalue weighted by Crippen LogP contribution is -2.37. The van der Waals surface area contributed by atoms with Crippen LogP contribution in [0.25, 0.3) is 71.3 Å². The zero-order chi connectivity index (χ0) is 42.3. The van der Waals surface area contributed by atoms with Crippen molar-refractivity contribution >= 4 is 152 Å². The summed E-state index contributed by atoms with van der Waals surface area (Å²) in [6, 6.07) is 59.0. The van der Waals surface area contributed by atoms with Crippen LogP contribution in [0.3, 0.4) is 0 Å². The van der Waals surface area contributed by atoms with E-state index in [0.717, 1.165) is 40.3 Å². The highest BCUT2D eigenvalue weighted by Crippen LogP contribution is 2.47. The summed E-state index contributed by atoms with van der Waals surface area (Å²) in [6.45, 7) is 4.35. The van der Waals surface area contributed by atoms with Gasteiger partial charge in [-0.2, -0.15) is 0 Å². The molecule has 0 saturated heterocycles. The number of thioether (sulfide) groups is 3. The van der Waals surface area contributed by atoms with E-state index < -0.39 is 5.97 Å². The van der Waals surface area contributed by atoms with Gasteiger partial charge in [-0.25, -0.2) is 4.79 Å². The molecule has 0 spiro atoms. The Morgan fingerprint density at radius 3 is 1.44 bits per heavy atom. The SMILES string of the molecule is C=CC(=O)Oc1cccc2ccc(NCC(CSc3cccc4c3sc3ccccc34)(CSc3cccc4c3sc3ccccc34)CSc3cccc4c3sc3ccccc34)cc12. The molecule has 1 N–H and O–H groups in total. The molecule has 0 fully saturated rings. The molecule has 0 aliphatic carbocycles. The minimum absolute atomic E-state index is 0.208. The molecule has 3 heterocycles. The number of thiophene rings is 3. The first kappa shape index (κ1) is 40.5. The molecule has 0 unspecified atom stereocenters. The second-order valence-electron chi connectivity index (χ2n) is 15.7. The van der Waals surface area contributed by atoms with Crippen LogP contribution < -0.4 is 10.1 Å². The van der Waals surface area contributed by atoms with Gasteiger partial charge in [0.2, 0.25) is 0 Å². The molecule has 0 bridgehead atoms. The van der Waals surface area contributed by atoms with Crippen LogP contribution in [-0.2, 0) is 4.79 Å². The van der Waals surface area contributed by atoms with E-state index in [0.29, 0.717) is 5.75 Å². The summed E-state index contributed by atoms with van der Waals surface area (Å²) in [6.07, 6.45) is 1.21. The van der Waals surface area contributed by atoms with Crippen molar-refractivity contribution in [2.75, 3.05) is 29.1 Å². The maximum atomic E-state index is 12.4. The standard InChI is InChI=1S/C54H39NO2S6/c1-2-50(56)57-43-20-9-13-34-27-28-35(29-42(34)43)55-30-54(31-58-47-24-10-17-39-36-14-3-6-21-44(36)61-51(39)47,32-59-48-25-11-18-40-37-15-4-7-22-45(37)62-52(40)48)33-60-49-26-12-19-41-38-16-5-8-23-46(38)63-53(41)49/h2-29,55H,1,30-33H2. The summed E-state index contributed by atoms with van der Waals surface area (Å²) >= 11 is 11.7. The highest BCUT2D eigenvalue weighted by Gasteiger charge is 2.33. The van der Waals surface area contributed by atoms with Crippen LogP contribution in [-0.4, -0.2) is 29.8 Å². The predicted octanol–water partition coefficient (Wildman–Crippen LogP) is 16.8. The molecular weight excluding hydrogens is 887 g/mol. The molecule has 0 aliphatic rings. The van der Waals surface area contributed by atoms with E-state index in [1.165, 1.54) is 81.3 Å². The molecule has 11 rings (SSSR count). The fourth-order valence-corrected chi connectivity index (χ4v) is 16.5. The number of fused-ring (bicyclic) bond motifs is 10. The van der Waals surface area contributed by atoms with Crippen molar-refractivity contribution in [2.45, 2.75) is 14.7 Å². The van der Waals surface area contributed by atoms with E-state index in [1.54, 1.807) is 0 Å². The molecule has 9 heteroatoms. The van der Waals surface area contributed by atoms with Crippen LogP contribution in [0.2, 0.25) is 0 Å². The number of anilines is 1. The monoisotopic (exact) mass is 925 g/mol. The van der Waals surface area contributed by atoms with E-state index in [1.807, 2.05) is 81.4 Å². The van der Waals surface area contributed by atoms with Crippen LogP contribution in [0.4, 0.5) is 5.69 Å². The minimum Gasteiger partial charge on any atom is -0.423 e. The van der Waals surface area contributed by atoms with Crippen molar-refractivity contribution < 1.29 is 9.53 Å². The van der Waals surface area contributed by atoms with Crippen molar-refractivity contribution in [1.29, 1.82) is 0 Å². The largest absolute Gasteiger partial charge is 0.423 e. The number of ether oxygens (including phenoxy) is 1. The number of benzene rings is 8. The highest BCUT2D eigenvalue weighted by atomic mass is 32.2. The first-order valence-electron chi connectivity index (χ1n) is 20.7. The predicted molar refractivity (Wildman–Crippen MR) is 281 cm³/mol. The zero-order valence-electron chi connectivity index (χ0n) is 34.0. The van der Waals surface area contributed by atoms with Gasteiger partial charge in [0.05, 0.1) is 0 Å². The van der Waals surface area contributed by atoms with Crippen LogP contribution in [0.1, 0.15) is 0 Å². The third-order valence-corrected chi connectivity index (χ3v) is 19.9. The Hall–Kier alpha value is -5.26. The van der Waals surface area contributed by atoms with E-state index in [2.05, 4.69) is 164 Å². The Morgan fingerprint density at radius 1 is 0.524 bits per heavy atom. The molecule has 63 heavy (non-hydrogen) atoms. The summed E-state index contributed by atoms with van der Waals surface area (Å²) in [5, 5.41) is 13.8. The van der Waals surface area contributed by atoms with Gasteiger partial charge >= 0.3 is 5.97 Å². The molecule has 3 aromatic heterocycles. The van der Waals surface area contributed by atoms with Crippen molar-refractivity contribution in [3.05, 3.63) is 176 Å². The topological polar surface area (TPSA) is 38.3 Å². The molecule has 11 aromatic rings. The zero-order valence-corrected chi connectivity index (χ0v) is 38.9. The molecule has 0 atom stereocenters. The van der Waals surface area contributed by atoms with Gasteiger partial charge in [0.1, 0.15) is 5.75 Å². The van der Waals surface area contributed by atoms with Gasteiger partial charge < -0.3 is 10.1 Å². The number of esters is 1. The van der Waals surface area contributed by atoms with E-state index >= 15 is 0 Å². The third-order valence-electron chi connectivity index (χ3n) is 11.6. The summed E-state index contributed by atoms with van der Waals surface area (Å²) in [7, 11) is 0. The number of hydrogen-bond acceptors (Lipinski definition) is 9. The third kappa shape index (κ3) is 7.90. The summed E-state index contributed by atoms with van der Waals surface area (Å²) in [5.41, 5.74) is 0.777. The molecule has 0 saturated carbocycles. The van der Waals surface area contributed by atoms with Crippen LogP contribution in [0.5, 0.6) is 5.75 Å². The lowest BCUT2D eigenvalue weighted by atomic mass is 9.95. The minimum atomic E-state index is -0.470. The quantitative estimate of drug-likeness (QED) is 0.0507. The Labute approximate surface area is 390 Å². The van der Waals surface area contributed by atoms with Crippen molar-refractivity contribution in [3.63, 3.8) is 0 Å². The smallest absolute Gasteiger partial charge is 0.335 e. The number of carbonyl (C=O) groups excluding carboxylic acids is 1. The summed E-state index contributed by atoms with van der Waals surface area (Å²) < 4.78 is 13.7. The Bertz CT molecular complexity index is 3250. The average Bonchev–Trinajstić information content (AvgIpc) is 4.03. The van der Waals surface area contributed by atoms with E-state index in [-0.39, 0.29) is 5.41 Å².